The lowest BCUT2D eigenvalue weighted by Gasteiger charge is -2.08. The minimum absolute atomic E-state index is 0.147. The first-order valence-electron chi connectivity index (χ1n) is 6.91. The third-order valence-electron chi connectivity index (χ3n) is 3.20. The molecule has 0 aliphatic heterocycles. The quantitative estimate of drug-likeness (QED) is 0.658. The predicted octanol–water partition coefficient (Wildman–Crippen LogP) is 0.883. The SMILES string of the molecule is O=C(NCCCn1ccnc1)c1ccccc1-c1nn[nH]n1. The number of aromatic nitrogens is 6. The molecule has 0 saturated heterocycles. The van der Waals surface area contributed by atoms with E-state index in [1.54, 1.807) is 24.7 Å². The lowest BCUT2D eigenvalue weighted by Crippen LogP contribution is -2.25. The number of carbonyl (C=O) groups excluding carboxylic acids is 1. The van der Waals surface area contributed by atoms with Crippen molar-refractivity contribution in [2.45, 2.75) is 13.0 Å². The number of tetrazole rings is 1. The molecule has 0 spiro atoms. The van der Waals surface area contributed by atoms with Gasteiger partial charge in [0.25, 0.3) is 5.91 Å². The summed E-state index contributed by atoms with van der Waals surface area (Å²) in [6.45, 7) is 1.39. The molecule has 0 saturated carbocycles. The summed E-state index contributed by atoms with van der Waals surface area (Å²) in [4.78, 5) is 16.3. The van der Waals surface area contributed by atoms with Crippen molar-refractivity contribution in [3.8, 4) is 11.4 Å². The molecule has 3 rings (SSSR count). The van der Waals surface area contributed by atoms with Gasteiger partial charge in [-0.15, -0.1) is 10.2 Å². The van der Waals surface area contributed by atoms with E-state index in [2.05, 4.69) is 30.9 Å². The van der Waals surface area contributed by atoms with Crippen LogP contribution in [0.25, 0.3) is 11.4 Å². The highest BCUT2D eigenvalue weighted by Crippen LogP contribution is 2.18. The van der Waals surface area contributed by atoms with E-state index in [0.29, 0.717) is 23.5 Å². The Hall–Kier alpha value is -3.03. The normalized spacial score (nSPS) is 10.5. The van der Waals surface area contributed by atoms with Crippen molar-refractivity contribution in [3.05, 3.63) is 48.5 Å². The Morgan fingerprint density at radius 3 is 3.00 bits per heavy atom. The van der Waals surface area contributed by atoms with Gasteiger partial charge >= 0.3 is 0 Å². The molecule has 2 aromatic heterocycles. The second-order valence-corrected chi connectivity index (χ2v) is 4.69. The van der Waals surface area contributed by atoms with Gasteiger partial charge in [-0.3, -0.25) is 4.79 Å². The van der Waals surface area contributed by atoms with Gasteiger partial charge in [0.1, 0.15) is 0 Å². The van der Waals surface area contributed by atoms with Crippen molar-refractivity contribution in [3.63, 3.8) is 0 Å². The molecule has 0 unspecified atom stereocenters. The van der Waals surface area contributed by atoms with Crippen LogP contribution in [-0.2, 0) is 6.54 Å². The number of carbonyl (C=O) groups is 1. The van der Waals surface area contributed by atoms with E-state index in [4.69, 9.17) is 0 Å². The highest BCUT2D eigenvalue weighted by atomic mass is 16.1. The average molecular weight is 297 g/mol. The first-order valence-corrected chi connectivity index (χ1v) is 6.91. The largest absolute Gasteiger partial charge is 0.352 e. The molecular weight excluding hydrogens is 282 g/mol. The van der Waals surface area contributed by atoms with Crippen molar-refractivity contribution in [1.29, 1.82) is 0 Å². The lowest BCUT2D eigenvalue weighted by atomic mass is 10.1. The Balaban J connectivity index is 1.60. The zero-order valence-corrected chi connectivity index (χ0v) is 11.8. The van der Waals surface area contributed by atoms with E-state index < -0.39 is 0 Å². The zero-order chi connectivity index (χ0) is 15.2. The summed E-state index contributed by atoms with van der Waals surface area (Å²) in [6.07, 6.45) is 6.22. The molecule has 8 heteroatoms. The average Bonchev–Trinajstić information content (AvgIpc) is 3.24. The predicted molar refractivity (Wildman–Crippen MR) is 78.8 cm³/mol. The Labute approximate surface area is 126 Å². The van der Waals surface area contributed by atoms with E-state index in [0.717, 1.165) is 13.0 Å². The number of aryl methyl sites for hydroxylation is 1. The third kappa shape index (κ3) is 3.17. The number of H-pyrrole nitrogens is 1. The molecule has 0 fully saturated rings. The molecule has 1 amide bonds. The molecule has 0 bridgehead atoms. The Morgan fingerprint density at radius 1 is 1.32 bits per heavy atom. The topological polar surface area (TPSA) is 101 Å². The van der Waals surface area contributed by atoms with Gasteiger partial charge < -0.3 is 9.88 Å². The molecule has 0 atom stereocenters. The molecule has 1 aromatic carbocycles. The van der Waals surface area contributed by atoms with Crippen LogP contribution in [0, 0.1) is 0 Å². The Morgan fingerprint density at radius 2 is 2.23 bits per heavy atom. The highest BCUT2D eigenvalue weighted by molar-refractivity contribution is 6.00. The van der Waals surface area contributed by atoms with Crippen LogP contribution in [-0.4, -0.2) is 42.6 Å². The van der Waals surface area contributed by atoms with E-state index in [-0.39, 0.29) is 5.91 Å². The van der Waals surface area contributed by atoms with Crippen molar-refractivity contribution in [2.24, 2.45) is 0 Å². The minimum Gasteiger partial charge on any atom is -0.352 e. The van der Waals surface area contributed by atoms with Crippen LogP contribution in [0.5, 0.6) is 0 Å². The fraction of sp³-hybridized carbons (Fsp3) is 0.214. The monoisotopic (exact) mass is 297 g/mol. The van der Waals surface area contributed by atoms with Crippen LogP contribution in [0.1, 0.15) is 16.8 Å². The van der Waals surface area contributed by atoms with Crippen molar-refractivity contribution < 1.29 is 4.79 Å². The van der Waals surface area contributed by atoms with Gasteiger partial charge in [0.15, 0.2) is 0 Å². The summed E-state index contributed by atoms with van der Waals surface area (Å²) in [6, 6.07) is 7.19. The fourth-order valence-electron chi connectivity index (χ4n) is 2.13. The summed E-state index contributed by atoms with van der Waals surface area (Å²) < 4.78 is 1.97. The smallest absolute Gasteiger partial charge is 0.252 e. The highest BCUT2D eigenvalue weighted by Gasteiger charge is 2.14. The van der Waals surface area contributed by atoms with Gasteiger partial charge in [-0.1, -0.05) is 18.2 Å². The molecule has 3 aromatic rings. The van der Waals surface area contributed by atoms with E-state index in [9.17, 15) is 4.79 Å². The fourth-order valence-corrected chi connectivity index (χ4v) is 2.13. The first-order chi connectivity index (χ1) is 10.8. The van der Waals surface area contributed by atoms with Gasteiger partial charge in [0, 0.05) is 31.0 Å². The molecule has 0 radical (unpaired) electrons. The van der Waals surface area contributed by atoms with E-state index in [1.165, 1.54) is 0 Å². The first kappa shape index (κ1) is 13.9. The number of benzene rings is 1. The van der Waals surface area contributed by atoms with Gasteiger partial charge in [-0.25, -0.2) is 4.98 Å². The molecule has 112 valence electrons. The third-order valence-corrected chi connectivity index (χ3v) is 3.20. The molecule has 2 heterocycles. The zero-order valence-electron chi connectivity index (χ0n) is 11.8. The maximum Gasteiger partial charge on any atom is 0.252 e. The van der Waals surface area contributed by atoms with Gasteiger partial charge in [-0.2, -0.15) is 5.21 Å². The Kier molecular flexibility index (Phi) is 4.19. The van der Waals surface area contributed by atoms with Crippen molar-refractivity contribution in [1.82, 2.24) is 35.5 Å². The molecule has 22 heavy (non-hydrogen) atoms. The van der Waals surface area contributed by atoms with Crippen LogP contribution in [0.2, 0.25) is 0 Å². The number of hydrogen-bond acceptors (Lipinski definition) is 5. The van der Waals surface area contributed by atoms with E-state index >= 15 is 0 Å². The van der Waals surface area contributed by atoms with Crippen LogP contribution in [0.15, 0.2) is 43.0 Å². The summed E-state index contributed by atoms with van der Waals surface area (Å²) in [7, 11) is 0. The van der Waals surface area contributed by atoms with Crippen molar-refractivity contribution in [2.75, 3.05) is 6.54 Å². The van der Waals surface area contributed by atoms with Crippen LogP contribution >= 0.6 is 0 Å². The molecule has 0 aliphatic rings. The number of hydrogen-bond donors (Lipinski definition) is 2. The minimum atomic E-state index is -0.147. The molecule has 0 aliphatic carbocycles. The Bertz CT molecular complexity index is 722. The summed E-state index contributed by atoms with van der Waals surface area (Å²) >= 11 is 0. The lowest BCUT2D eigenvalue weighted by molar-refractivity contribution is 0.0953. The summed E-state index contributed by atoms with van der Waals surface area (Å²) in [5.41, 5.74) is 1.19. The van der Waals surface area contributed by atoms with Crippen LogP contribution in [0.3, 0.4) is 0 Å². The maximum atomic E-state index is 12.3. The molecular formula is C14H15N7O. The number of nitrogens with one attached hydrogen (secondary N) is 2. The number of aromatic amines is 1. The second kappa shape index (κ2) is 6.61. The van der Waals surface area contributed by atoms with Crippen LogP contribution in [0.4, 0.5) is 0 Å². The maximum absolute atomic E-state index is 12.3. The van der Waals surface area contributed by atoms with Crippen molar-refractivity contribution >= 4 is 5.91 Å². The number of imidazole rings is 1. The second-order valence-electron chi connectivity index (χ2n) is 4.69. The van der Waals surface area contributed by atoms with Gasteiger partial charge in [-0.05, 0) is 17.7 Å². The number of amides is 1. The molecule has 8 nitrogen and oxygen atoms in total. The van der Waals surface area contributed by atoms with E-state index in [1.807, 2.05) is 22.9 Å². The van der Waals surface area contributed by atoms with Crippen LogP contribution < -0.4 is 5.32 Å². The molecule has 2 N–H and O–H groups in total. The van der Waals surface area contributed by atoms with Gasteiger partial charge in [0.2, 0.25) is 5.82 Å². The summed E-state index contributed by atoms with van der Waals surface area (Å²) in [5, 5.41) is 16.7. The number of rotatable bonds is 6. The standard InChI is InChI=1S/C14H15N7O/c22-14(16-6-3-8-21-9-7-15-10-21)12-5-2-1-4-11(12)13-17-19-20-18-13/h1-2,4-5,7,9-10H,3,6,8H2,(H,16,22)(H,17,18,19,20). The number of nitrogens with zero attached hydrogens (tertiary/aromatic N) is 5. The van der Waals surface area contributed by atoms with Gasteiger partial charge in [0.05, 0.1) is 11.9 Å². The summed E-state index contributed by atoms with van der Waals surface area (Å²) in [5.74, 6) is 0.259.